The maximum Gasteiger partial charge on any atom is 0.244 e. The number of sulfonamides is 1. The summed E-state index contributed by atoms with van der Waals surface area (Å²) >= 11 is 9.13. The highest BCUT2D eigenvalue weighted by Gasteiger charge is 2.57. The first-order chi connectivity index (χ1) is 14.9. The van der Waals surface area contributed by atoms with E-state index in [0.717, 1.165) is 43.6 Å². The van der Waals surface area contributed by atoms with E-state index in [9.17, 15) is 8.42 Å². The van der Waals surface area contributed by atoms with Gasteiger partial charge in [0.2, 0.25) is 10.0 Å². The molecular weight excluding hydrogens is 509 g/mol. The Morgan fingerprint density at radius 1 is 1.26 bits per heavy atom. The molecule has 2 aliphatic carbocycles. The van der Waals surface area contributed by atoms with Crippen molar-refractivity contribution in [2.24, 2.45) is 17.8 Å². The summed E-state index contributed by atoms with van der Waals surface area (Å²) in [7, 11) is -3.60. The Hall–Kier alpha value is -1.00. The molecule has 1 aromatic heterocycles. The summed E-state index contributed by atoms with van der Waals surface area (Å²) in [5.41, 5.74) is 1.61. The van der Waals surface area contributed by atoms with Gasteiger partial charge < -0.3 is 9.64 Å². The maximum atomic E-state index is 15.2. The lowest BCUT2D eigenvalue weighted by Crippen LogP contribution is -2.36. The molecule has 1 aromatic rings. The Balaban J connectivity index is 1.23. The van der Waals surface area contributed by atoms with E-state index in [4.69, 9.17) is 16.3 Å². The number of rotatable bonds is 5. The first-order valence-electron chi connectivity index (χ1n) is 10.6. The quantitative estimate of drug-likeness (QED) is 0.537. The topological polar surface area (TPSA) is 62.7 Å². The lowest BCUT2D eigenvalue weighted by Gasteiger charge is -2.32. The zero-order chi connectivity index (χ0) is 21.8. The van der Waals surface area contributed by atoms with Gasteiger partial charge in [-0.3, -0.25) is 0 Å². The van der Waals surface area contributed by atoms with Gasteiger partial charge in [-0.05, 0) is 64.6 Å². The molecule has 3 fully saturated rings. The average Bonchev–Trinajstić information content (AvgIpc) is 3.18. The van der Waals surface area contributed by atoms with Crippen LogP contribution >= 0.6 is 27.5 Å². The molecule has 3 heterocycles. The zero-order valence-electron chi connectivity index (χ0n) is 16.9. The average molecular weight is 533 g/mol. The van der Waals surface area contributed by atoms with E-state index in [1.807, 2.05) is 6.08 Å². The molecule has 2 unspecified atom stereocenters. The smallest absolute Gasteiger partial charge is 0.244 e. The number of nitrogens with zero attached hydrogens (tertiary/aromatic N) is 3. The molecule has 10 heteroatoms. The standard InChI is InChI=1S/C21H24BrClFN3O3S/c22-18-9-14(10-25-21(18)23)31(28,29)27-11-16-15(17(16)12-27)8-13-2-1-3-19(20(13)24)26-4-6-30-7-5-26/h3,9-10,15-17H,1-2,4-8,11-12H2. The maximum absolute atomic E-state index is 15.2. The molecule has 2 aliphatic heterocycles. The van der Waals surface area contributed by atoms with Crippen molar-refractivity contribution in [3.8, 4) is 0 Å². The summed E-state index contributed by atoms with van der Waals surface area (Å²) in [5, 5.41) is 0.233. The minimum Gasteiger partial charge on any atom is -0.378 e. The Morgan fingerprint density at radius 3 is 2.65 bits per heavy atom. The normalized spacial score (nSPS) is 29.2. The van der Waals surface area contributed by atoms with E-state index in [2.05, 4.69) is 25.8 Å². The van der Waals surface area contributed by atoms with Crippen molar-refractivity contribution in [1.82, 2.24) is 14.2 Å². The van der Waals surface area contributed by atoms with E-state index < -0.39 is 10.0 Å². The van der Waals surface area contributed by atoms with Gasteiger partial charge in [0, 0.05) is 32.4 Å². The summed E-state index contributed by atoms with van der Waals surface area (Å²) in [5.74, 6) is 0.902. The number of hydrogen-bond acceptors (Lipinski definition) is 5. The van der Waals surface area contributed by atoms with Gasteiger partial charge in [0.05, 0.1) is 23.4 Å². The van der Waals surface area contributed by atoms with E-state index in [0.29, 0.717) is 48.5 Å². The van der Waals surface area contributed by atoms with E-state index in [-0.39, 0.29) is 15.9 Å². The van der Waals surface area contributed by atoms with Crippen LogP contribution < -0.4 is 0 Å². The summed E-state index contributed by atoms with van der Waals surface area (Å²) in [6.07, 6.45) is 5.64. The fourth-order valence-corrected chi connectivity index (χ4v) is 7.21. The minimum atomic E-state index is -3.60. The molecule has 31 heavy (non-hydrogen) atoms. The number of allylic oxidation sites excluding steroid dienone is 3. The minimum absolute atomic E-state index is 0.0697. The molecular formula is C21H24BrClFN3O3S. The summed E-state index contributed by atoms with van der Waals surface area (Å²) in [6, 6.07) is 1.49. The molecule has 0 bridgehead atoms. The molecule has 2 saturated heterocycles. The number of pyridine rings is 1. The molecule has 4 aliphatic rings. The fourth-order valence-electron chi connectivity index (χ4n) is 5.12. The van der Waals surface area contributed by atoms with Gasteiger partial charge in [0.1, 0.15) is 15.9 Å². The molecule has 2 atom stereocenters. The number of morpholine rings is 1. The highest BCUT2D eigenvalue weighted by molar-refractivity contribution is 9.10. The van der Waals surface area contributed by atoms with Crippen molar-refractivity contribution in [1.29, 1.82) is 0 Å². The van der Waals surface area contributed by atoms with Gasteiger partial charge in [-0.1, -0.05) is 17.7 Å². The summed E-state index contributed by atoms with van der Waals surface area (Å²) in [6.45, 7) is 3.69. The van der Waals surface area contributed by atoms with Crippen LogP contribution in [0.5, 0.6) is 0 Å². The van der Waals surface area contributed by atoms with Gasteiger partial charge >= 0.3 is 0 Å². The third kappa shape index (κ3) is 4.08. The molecule has 0 radical (unpaired) electrons. The lowest BCUT2D eigenvalue weighted by atomic mass is 9.95. The van der Waals surface area contributed by atoms with Crippen LogP contribution in [0.25, 0.3) is 0 Å². The van der Waals surface area contributed by atoms with Gasteiger partial charge in [-0.25, -0.2) is 17.8 Å². The Morgan fingerprint density at radius 2 is 1.97 bits per heavy atom. The van der Waals surface area contributed by atoms with Crippen LogP contribution in [0.2, 0.25) is 5.15 Å². The molecule has 5 rings (SSSR count). The number of piperidine rings is 1. The van der Waals surface area contributed by atoms with Crippen molar-refractivity contribution < 1.29 is 17.5 Å². The lowest BCUT2D eigenvalue weighted by molar-refractivity contribution is 0.0530. The second-order valence-electron chi connectivity index (χ2n) is 8.61. The van der Waals surface area contributed by atoms with Gasteiger partial charge in [-0.2, -0.15) is 4.31 Å². The monoisotopic (exact) mass is 531 g/mol. The Kier molecular flexibility index (Phi) is 5.92. The van der Waals surface area contributed by atoms with E-state index >= 15 is 4.39 Å². The third-order valence-corrected chi connectivity index (χ3v) is 9.83. The third-order valence-electron chi connectivity index (χ3n) is 6.90. The van der Waals surface area contributed by atoms with Crippen molar-refractivity contribution in [2.75, 3.05) is 39.4 Å². The molecule has 0 spiro atoms. The number of ether oxygens (including phenoxy) is 1. The number of fused-ring (bicyclic) bond motifs is 1. The fraction of sp³-hybridized carbons (Fsp3) is 0.571. The summed E-state index contributed by atoms with van der Waals surface area (Å²) < 4.78 is 48.5. The zero-order valence-corrected chi connectivity index (χ0v) is 20.1. The molecule has 0 aromatic carbocycles. The number of halogens is 3. The molecule has 168 valence electrons. The number of hydrogen-bond donors (Lipinski definition) is 0. The Labute approximate surface area is 195 Å². The van der Waals surface area contributed by atoms with Crippen LogP contribution in [-0.2, 0) is 14.8 Å². The first-order valence-corrected chi connectivity index (χ1v) is 13.2. The largest absolute Gasteiger partial charge is 0.378 e. The molecule has 0 amide bonds. The van der Waals surface area contributed by atoms with Crippen LogP contribution in [0.3, 0.4) is 0 Å². The second-order valence-corrected chi connectivity index (χ2v) is 11.8. The van der Waals surface area contributed by atoms with Crippen LogP contribution in [-0.4, -0.2) is 62.0 Å². The van der Waals surface area contributed by atoms with Crippen molar-refractivity contribution in [2.45, 2.75) is 24.2 Å². The van der Waals surface area contributed by atoms with Crippen molar-refractivity contribution in [3.05, 3.63) is 45.1 Å². The van der Waals surface area contributed by atoms with E-state index in [1.54, 1.807) is 0 Å². The molecule has 1 saturated carbocycles. The van der Waals surface area contributed by atoms with Crippen molar-refractivity contribution in [3.63, 3.8) is 0 Å². The SMILES string of the molecule is O=S(=O)(c1cnc(Cl)c(Br)c1)N1CC2C(CC3=C(F)C(N4CCOCC4)=CCC3)C2C1. The predicted molar refractivity (Wildman–Crippen MR) is 119 cm³/mol. The predicted octanol–water partition coefficient (Wildman–Crippen LogP) is 3.99. The van der Waals surface area contributed by atoms with Crippen LogP contribution in [0.15, 0.2) is 44.8 Å². The van der Waals surface area contributed by atoms with E-state index in [1.165, 1.54) is 16.6 Å². The Bertz CT molecular complexity index is 1050. The first kappa shape index (κ1) is 21.8. The van der Waals surface area contributed by atoms with Gasteiger partial charge in [0.15, 0.2) is 0 Å². The van der Waals surface area contributed by atoms with Crippen LogP contribution in [0.4, 0.5) is 4.39 Å². The second kappa shape index (κ2) is 8.41. The van der Waals surface area contributed by atoms with Gasteiger partial charge in [0.25, 0.3) is 0 Å². The van der Waals surface area contributed by atoms with Gasteiger partial charge in [-0.15, -0.1) is 0 Å². The van der Waals surface area contributed by atoms with Crippen LogP contribution in [0, 0.1) is 17.8 Å². The highest BCUT2D eigenvalue weighted by Crippen LogP contribution is 2.56. The number of aromatic nitrogens is 1. The van der Waals surface area contributed by atoms with Crippen molar-refractivity contribution >= 4 is 37.6 Å². The molecule has 6 nitrogen and oxygen atoms in total. The summed E-state index contributed by atoms with van der Waals surface area (Å²) in [4.78, 5) is 6.16. The molecule has 0 N–H and O–H groups in total. The van der Waals surface area contributed by atoms with Crippen LogP contribution in [0.1, 0.15) is 19.3 Å². The highest BCUT2D eigenvalue weighted by atomic mass is 79.9.